The molecular weight excluding hydrogens is 238 g/mol. The van der Waals surface area contributed by atoms with Crippen LogP contribution in [-0.2, 0) is 0 Å². The Hall–Kier alpha value is -1.32. The van der Waals surface area contributed by atoms with Crippen LogP contribution >= 0.6 is 0 Å². The third kappa shape index (κ3) is 2.82. The smallest absolute Gasteiger partial charge is 0.293 e. The van der Waals surface area contributed by atoms with Gasteiger partial charge in [-0.25, -0.2) is 4.98 Å². The minimum atomic E-state index is 0.0457. The van der Waals surface area contributed by atoms with Crippen LogP contribution in [0.3, 0.4) is 0 Å². The van der Waals surface area contributed by atoms with Gasteiger partial charge < -0.3 is 9.88 Å². The first-order chi connectivity index (χ1) is 9.18. The van der Waals surface area contributed by atoms with Crippen molar-refractivity contribution in [2.24, 2.45) is 5.41 Å². The molecule has 4 heteroatoms. The molecule has 0 aromatic carbocycles. The lowest BCUT2D eigenvalue weighted by Gasteiger charge is -2.33. The van der Waals surface area contributed by atoms with E-state index in [1.165, 1.54) is 32.1 Å². The molecule has 0 atom stereocenters. The van der Waals surface area contributed by atoms with Crippen molar-refractivity contribution in [3.8, 4) is 0 Å². The number of nitrogens with one attached hydrogen (secondary N) is 1. The highest BCUT2D eigenvalue weighted by atomic mass is 16.1. The van der Waals surface area contributed by atoms with Crippen molar-refractivity contribution in [1.29, 1.82) is 0 Å². The summed E-state index contributed by atoms with van der Waals surface area (Å²) in [5, 5.41) is 3.30. The molecule has 19 heavy (non-hydrogen) atoms. The minimum absolute atomic E-state index is 0.0457. The molecule has 0 amide bonds. The van der Waals surface area contributed by atoms with Crippen molar-refractivity contribution in [2.45, 2.75) is 57.9 Å². The predicted octanol–water partition coefficient (Wildman–Crippen LogP) is 2.96. The summed E-state index contributed by atoms with van der Waals surface area (Å²) in [4.78, 5) is 16.5. The van der Waals surface area contributed by atoms with Gasteiger partial charge in [0, 0.05) is 25.0 Å². The fourth-order valence-electron chi connectivity index (χ4n) is 3.07. The molecule has 0 unspecified atom stereocenters. The van der Waals surface area contributed by atoms with E-state index in [0.29, 0.717) is 17.3 Å². The van der Waals surface area contributed by atoms with E-state index < -0.39 is 0 Å². The second-order valence-electron chi connectivity index (χ2n) is 6.44. The molecule has 2 fully saturated rings. The van der Waals surface area contributed by atoms with Gasteiger partial charge in [0.05, 0.1) is 0 Å². The Bertz CT molecular complexity index is 498. The second kappa shape index (κ2) is 4.99. The second-order valence-corrected chi connectivity index (χ2v) is 6.44. The largest absolute Gasteiger partial charge is 0.365 e. The van der Waals surface area contributed by atoms with Gasteiger partial charge in [0.1, 0.15) is 0 Å². The van der Waals surface area contributed by atoms with Crippen molar-refractivity contribution in [3.63, 3.8) is 0 Å². The Morgan fingerprint density at radius 3 is 2.79 bits per heavy atom. The van der Waals surface area contributed by atoms with Gasteiger partial charge in [0.25, 0.3) is 5.56 Å². The van der Waals surface area contributed by atoms with Gasteiger partial charge >= 0.3 is 0 Å². The minimum Gasteiger partial charge on any atom is -0.365 e. The SMILES string of the molecule is CC1(CNc2nccn(C3CC3)c2=O)CCCCC1. The maximum atomic E-state index is 12.3. The molecule has 1 aromatic heterocycles. The first-order valence-corrected chi connectivity index (χ1v) is 7.49. The van der Waals surface area contributed by atoms with Gasteiger partial charge in [-0.05, 0) is 31.1 Å². The van der Waals surface area contributed by atoms with E-state index in [1.807, 2.05) is 10.8 Å². The van der Waals surface area contributed by atoms with E-state index >= 15 is 0 Å². The molecule has 0 bridgehead atoms. The standard InChI is InChI=1S/C15H23N3O/c1-15(7-3-2-4-8-15)11-17-13-14(19)18(10-9-16-13)12-5-6-12/h9-10,12H,2-8,11H2,1H3,(H,16,17). The lowest BCUT2D eigenvalue weighted by Crippen LogP contribution is -2.32. The van der Waals surface area contributed by atoms with E-state index in [9.17, 15) is 4.79 Å². The van der Waals surface area contributed by atoms with Crippen LogP contribution in [0.15, 0.2) is 17.2 Å². The predicted molar refractivity (Wildman–Crippen MR) is 76.4 cm³/mol. The number of rotatable bonds is 4. The molecular formula is C15H23N3O. The van der Waals surface area contributed by atoms with Crippen LogP contribution in [-0.4, -0.2) is 16.1 Å². The van der Waals surface area contributed by atoms with Gasteiger partial charge in [-0.15, -0.1) is 0 Å². The molecule has 0 saturated heterocycles. The zero-order valence-corrected chi connectivity index (χ0v) is 11.7. The summed E-state index contributed by atoms with van der Waals surface area (Å²) >= 11 is 0. The average Bonchev–Trinajstić information content (AvgIpc) is 3.23. The van der Waals surface area contributed by atoms with Gasteiger partial charge in [-0.1, -0.05) is 26.2 Å². The Labute approximate surface area is 114 Å². The molecule has 2 aliphatic rings. The Morgan fingerprint density at radius 1 is 1.37 bits per heavy atom. The van der Waals surface area contributed by atoms with Crippen molar-refractivity contribution in [3.05, 3.63) is 22.7 Å². The molecule has 0 aliphatic heterocycles. The summed E-state index contributed by atoms with van der Waals surface area (Å²) in [6.07, 6.45) is 12.3. The molecule has 1 heterocycles. The fourth-order valence-corrected chi connectivity index (χ4v) is 3.07. The van der Waals surface area contributed by atoms with Crippen LogP contribution in [0.25, 0.3) is 0 Å². The molecule has 4 nitrogen and oxygen atoms in total. The molecule has 2 saturated carbocycles. The highest BCUT2D eigenvalue weighted by Gasteiger charge is 2.28. The quantitative estimate of drug-likeness (QED) is 0.906. The van der Waals surface area contributed by atoms with Crippen LogP contribution in [0, 0.1) is 5.41 Å². The Morgan fingerprint density at radius 2 is 2.11 bits per heavy atom. The van der Waals surface area contributed by atoms with Crippen LogP contribution in [0.4, 0.5) is 5.82 Å². The molecule has 104 valence electrons. The van der Waals surface area contributed by atoms with Crippen molar-refractivity contribution in [1.82, 2.24) is 9.55 Å². The zero-order chi connectivity index (χ0) is 13.3. The molecule has 1 N–H and O–H groups in total. The monoisotopic (exact) mass is 261 g/mol. The van der Waals surface area contributed by atoms with E-state index in [1.54, 1.807) is 6.20 Å². The maximum absolute atomic E-state index is 12.3. The Kier molecular flexibility index (Phi) is 3.33. The summed E-state index contributed by atoms with van der Waals surface area (Å²) in [5.41, 5.74) is 0.372. The van der Waals surface area contributed by atoms with Crippen LogP contribution in [0.1, 0.15) is 57.9 Å². The van der Waals surface area contributed by atoms with Crippen molar-refractivity contribution in [2.75, 3.05) is 11.9 Å². The lowest BCUT2D eigenvalue weighted by atomic mass is 9.76. The first-order valence-electron chi connectivity index (χ1n) is 7.49. The van der Waals surface area contributed by atoms with Crippen LogP contribution < -0.4 is 10.9 Å². The summed E-state index contributed by atoms with van der Waals surface area (Å²) in [6, 6.07) is 0.418. The maximum Gasteiger partial charge on any atom is 0.293 e. The molecule has 0 radical (unpaired) electrons. The van der Waals surface area contributed by atoms with E-state index in [-0.39, 0.29) is 5.56 Å². The fraction of sp³-hybridized carbons (Fsp3) is 0.733. The lowest BCUT2D eigenvalue weighted by molar-refractivity contribution is 0.233. The number of nitrogens with zero attached hydrogens (tertiary/aromatic N) is 2. The molecule has 2 aliphatic carbocycles. The summed E-state index contributed by atoms with van der Waals surface area (Å²) in [7, 11) is 0. The molecule has 0 spiro atoms. The molecule has 1 aromatic rings. The van der Waals surface area contributed by atoms with Crippen molar-refractivity contribution < 1.29 is 0 Å². The van der Waals surface area contributed by atoms with Crippen molar-refractivity contribution >= 4 is 5.82 Å². The van der Waals surface area contributed by atoms with Gasteiger partial charge in [0.2, 0.25) is 0 Å². The van der Waals surface area contributed by atoms with E-state index in [4.69, 9.17) is 0 Å². The highest BCUT2D eigenvalue weighted by molar-refractivity contribution is 5.31. The van der Waals surface area contributed by atoms with Gasteiger partial charge in [0.15, 0.2) is 5.82 Å². The average molecular weight is 261 g/mol. The Balaban J connectivity index is 1.69. The highest BCUT2D eigenvalue weighted by Crippen LogP contribution is 2.36. The zero-order valence-electron chi connectivity index (χ0n) is 11.7. The van der Waals surface area contributed by atoms with Crippen LogP contribution in [0.2, 0.25) is 0 Å². The van der Waals surface area contributed by atoms with Gasteiger partial charge in [-0.2, -0.15) is 0 Å². The first kappa shape index (κ1) is 12.7. The van der Waals surface area contributed by atoms with E-state index in [2.05, 4.69) is 17.2 Å². The summed E-state index contributed by atoms with van der Waals surface area (Å²) < 4.78 is 1.83. The summed E-state index contributed by atoms with van der Waals surface area (Å²) in [5.74, 6) is 0.529. The van der Waals surface area contributed by atoms with Gasteiger partial charge in [-0.3, -0.25) is 4.79 Å². The summed E-state index contributed by atoms with van der Waals surface area (Å²) in [6.45, 7) is 3.19. The normalized spacial score (nSPS) is 22.2. The topological polar surface area (TPSA) is 46.9 Å². The number of aromatic nitrogens is 2. The number of anilines is 1. The van der Waals surface area contributed by atoms with E-state index in [0.717, 1.165) is 19.4 Å². The molecule has 3 rings (SSSR count). The van der Waals surface area contributed by atoms with Crippen LogP contribution in [0.5, 0.6) is 0 Å². The number of hydrogen-bond acceptors (Lipinski definition) is 3. The third-order valence-corrected chi connectivity index (χ3v) is 4.55. The third-order valence-electron chi connectivity index (χ3n) is 4.55. The number of hydrogen-bond donors (Lipinski definition) is 1.